The van der Waals surface area contributed by atoms with Gasteiger partial charge in [-0.15, -0.1) is 6.42 Å². The molecule has 2 unspecified atom stereocenters. The molecule has 5 aliphatic rings. The Balaban J connectivity index is 1.10. The fourth-order valence-electron chi connectivity index (χ4n) is 9.74. The molecule has 14 heteroatoms. The third kappa shape index (κ3) is 5.14. The number of anilines is 1. The number of nitrogens with one attached hydrogen (secondary N) is 1. The number of ether oxygens (including phenoxy) is 1. The molecule has 0 amide bonds. The Labute approximate surface area is 301 Å². The Morgan fingerprint density at radius 3 is 2.45 bits per heavy atom. The van der Waals surface area contributed by atoms with Crippen LogP contribution in [0.5, 0.6) is 11.8 Å². The van der Waals surface area contributed by atoms with Crippen molar-refractivity contribution < 1.29 is 31.8 Å². The topological polar surface area (TPSA) is 91.6 Å². The number of benzene rings is 3. The number of hydrogen-bond donors (Lipinski definition) is 2. The second-order valence-electron chi connectivity index (χ2n) is 15.8. The van der Waals surface area contributed by atoms with Gasteiger partial charge < -0.3 is 25.0 Å². The first kappa shape index (κ1) is 32.9. The number of halogens is 5. The Morgan fingerprint density at radius 1 is 1.04 bits per heavy atom. The van der Waals surface area contributed by atoms with Crippen LogP contribution in [0.1, 0.15) is 31.2 Å². The van der Waals surface area contributed by atoms with Crippen LogP contribution in [0.3, 0.4) is 0 Å². The van der Waals surface area contributed by atoms with Gasteiger partial charge in [-0.2, -0.15) is 28.2 Å². The zero-order chi connectivity index (χ0) is 36.6. The van der Waals surface area contributed by atoms with Gasteiger partial charge in [-0.1, -0.05) is 12.0 Å². The van der Waals surface area contributed by atoms with Gasteiger partial charge in [0, 0.05) is 79.8 Å². The Hall–Kier alpha value is -4.74. The maximum Gasteiger partial charge on any atom is 0.392 e. The number of alkyl halides is 3. The van der Waals surface area contributed by atoms with Crippen molar-refractivity contribution in [1.29, 1.82) is 0 Å². The molecule has 2 aliphatic carbocycles. The number of terminal acetylenes is 1. The number of piperazine rings is 1. The van der Waals surface area contributed by atoms with Gasteiger partial charge in [0.1, 0.15) is 28.4 Å². The summed E-state index contributed by atoms with van der Waals surface area (Å²) in [5, 5.41) is 20.8. The molecule has 10 rings (SSSR count). The Bertz CT molecular complexity index is 2370. The fourth-order valence-corrected chi connectivity index (χ4v) is 9.74. The smallest absolute Gasteiger partial charge is 0.392 e. The molecule has 2 aromatic heterocycles. The van der Waals surface area contributed by atoms with Gasteiger partial charge in [-0.05, 0) is 66.7 Å². The highest BCUT2D eigenvalue weighted by atomic mass is 19.4. The van der Waals surface area contributed by atoms with E-state index in [1.165, 1.54) is 24.3 Å². The average Bonchev–Trinajstić information content (AvgIpc) is 3.90. The highest BCUT2D eigenvalue weighted by Crippen LogP contribution is 2.60. The predicted molar refractivity (Wildman–Crippen MR) is 189 cm³/mol. The van der Waals surface area contributed by atoms with Crippen LogP contribution in [0.4, 0.5) is 27.8 Å². The number of phenolic OH excluding ortho intramolecular Hbond substituents is 1. The second kappa shape index (κ2) is 11.4. The lowest BCUT2D eigenvalue weighted by atomic mass is 9.91. The molecule has 2 saturated carbocycles. The third-order valence-corrected chi connectivity index (χ3v) is 12.4. The van der Waals surface area contributed by atoms with E-state index in [-0.39, 0.29) is 80.8 Å². The van der Waals surface area contributed by atoms with Gasteiger partial charge in [0.25, 0.3) is 0 Å². The van der Waals surface area contributed by atoms with Crippen LogP contribution >= 0.6 is 0 Å². The molecule has 0 radical (unpaired) electrons. The van der Waals surface area contributed by atoms with E-state index in [1.54, 1.807) is 17.9 Å². The monoisotopic (exact) mass is 729 g/mol. The summed E-state index contributed by atoms with van der Waals surface area (Å²) in [4.78, 5) is 14.1. The van der Waals surface area contributed by atoms with Crippen LogP contribution in [0.25, 0.3) is 43.7 Å². The largest absolute Gasteiger partial charge is 0.508 e. The molecule has 2 bridgehead atoms. The first-order chi connectivity index (χ1) is 25.4. The van der Waals surface area contributed by atoms with E-state index in [0.29, 0.717) is 41.6 Å². The number of likely N-dealkylation sites (tertiary alicyclic amines) is 1. The summed E-state index contributed by atoms with van der Waals surface area (Å²) in [7, 11) is 1.73. The normalized spacial score (nSPS) is 26.1. The molecule has 5 aromatic rings. The van der Waals surface area contributed by atoms with Crippen molar-refractivity contribution in [2.75, 3.05) is 44.2 Å². The summed E-state index contributed by atoms with van der Waals surface area (Å²) in [6.45, 7) is 3.21. The average molecular weight is 730 g/mol. The molecule has 3 aliphatic heterocycles. The molecule has 0 spiro atoms. The van der Waals surface area contributed by atoms with Crippen molar-refractivity contribution in [1.82, 2.24) is 30.0 Å². The number of aryl methyl sites for hydroxylation is 1. The number of piperidine rings is 1. The van der Waals surface area contributed by atoms with E-state index in [0.717, 1.165) is 38.8 Å². The highest BCUT2D eigenvalue weighted by Gasteiger charge is 2.67. The van der Waals surface area contributed by atoms with E-state index < -0.39 is 23.7 Å². The number of fused-ring (bicyclic) bond motifs is 7. The summed E-state index contributed by atoms with van der Waals surface area (Å²) in [6.07, 6.45) is 7.03. The van der Waals surface area contributed by atoms with Crippen molar-refractivity contribution in [2.45, 2.75) is 43.9 Å². The minimum absolute atomic E-state index is 0.00216. The van der Waals surface area contributed by atoms with Crippen molar-refractivity contribution in [3.05, 3.63) is 47.7 Å². The molecule has 3 aromatic carbocycles. The highest BCUT2D eigenvalue weighted by molar-refractivity contribution is 6.18. The van der Waals surface area contributed by atoms with Gasteiger partial charge in [-0.25, -0.2) is 8.78 Å². The second-order valence-corrected chi connectivity index (χ2v) is 15.8. The van der Waals surface area contributed by atoms with Crippen LogP contribution in [-0.4, -0.2) is 87.3 Å². The molecular weight excluding hydrogens is 693 g/mol. The third-order valence-electron chi connectivity index (χ3n) is 12.4. The quantitative estimate of drug-likeness (QED) is 0.153. The maximum atomic E-state index is 17.6. The van der Waals surface area contributed by atoms with Crippen molar-refractivity contribution in [3.63, 3.8) is 0 Å². The first-order valence-corrected chi connectivity index (χ1v) is 18.1. The number of aromatic hydroxyl groups is 1. The van der Waals surface area contributed by atoms with E-state index >= 15 is 8.78 Å². The zero-order valence-corrected chi connectivity index (χ0v) is 28.9. The molecule has 3 saturated heterocycles. The van der Waals surface area contributed by atoms with Gasteiger partial charge in [0.05, 0.1) is 23.5 Å². The van der Waals surface area contributed by atoms with E-state index in [2.05, 4.69) is 21.0 Å². The Morgan fingerprint density at radius 2 is 1.77 bits per heavy atom. The maximum absolute atomic E-state index is 17.6. The molecule has 9 nitrogen and oxygen atoms in total. The SMILES string of the molecule is C#Cc1c(F)ccc2cc(O)cc(-c3c(F)c4nc(OCC5(CN6CC7C(C6)C7C(F)(F)F)CC5)nc(N5[C@@H]6CC[C@H]5CNC6)c4c4cn(C)nc34)c12. The number of nitrogens with zero attached hydrogens (tertiary/aromatic N) is 6. The molecule has 4 atom stereocenters. The lowest BCUT2D eigenvalue weighted by Crippen LogP contribution is -2.52. The van der Waals surface area contributed by atoms with Gasteiger partial charge in [0.15, 0.2) is 5.82 Å². The Kier molecular flexibility index (Phi) is 7.06. The van der Waals surface area contributed by atoms with E-state index in [1.807, 2.05) is 0 Å². The molecule has 53 heavy (non-hydrogen) atoms. The lowest BCUT2D eigenvalue weighted by molar-refractivity contribution is -0.157. The van der Waals surface area contributed by atoms with E-state index in [9.17, 15) is 18.3 Å². The summed E-state index contributed by atoms with van der Waals surface area (Å²) in [5.74, 6) is -0.431. The van der Waals surface area contributed by atoms with Crippen LogP contribution < -0.4 is 15.0 Å². The summed E-state index contributed by atoms with van der Waals surface area (Å²) in [5.41, 5.74) is 0.156. The molecule has 5 heterocycles. The zero-order valence-electron chi connectivity index (χ0n) is 28.9. The van der Waals surface area contributed by atoms with Crippen LogP contribution in [0, 0.1) is 47.1 Å². The van der Waals surface area contributed by atoms with Crippen LogP contribution in [-0.2, 0) is 7.05 Å². The van der Waals surface area contributed by atoms with Crippen molar-refractivity contribution in [3.8, 4) is 35.2 Å². The number of aromatic nitrogens is 4. The first-order valence-electron chi connectivity index (χ1n) is 18.1. The molecular formula is C39H36F5N7O2. The van der Waals surface area contributed by atoms with Gasteiger partial charge in [0.2, 0.25) is 0 Å². The summed E-state index contributed by atoms with van der Waals surface area (Å²) in [6, 6.07) is 5.76. The number of rotatable bonds is 7. The summed E-state index contributed by atoms with van der Waals surface area (Å²) < 4.78 is 80.7. The van der Waals surface area contributed by atoms with Gasteiger partial charge >= 0.3 is 12.2 Å². The van der Waals surface area contributed by atoms with Crippen LogP contribution in [0.15, 0.2) is 30.5 Å². The van der Waals surface area contributed by atoms with Crippen molar-refractivity contribution in [2.24, 2.45) is 30.2 Å². The standard InChI is InChI=1S/C39H36F5N7O2/c1-3-23-28(40)7-4-19-10-22(52)11-24(29(19)23)30-33(41)35-31(27-14-49(2)48-34(27)30)36(51-20-5-6-21(51)13-45-12-20)47-37(46-35)53-18-38(8-9-38)17-50-15-25-26(16-50)32(25)39(42,43)44/h1,4,7,10-11,14,20-21,25-26,32,45,52H,5-6,8-9,12-13,15-18H2,2H3/t20-,21+,25?,26?,32?. The van der Waals surface area contributed by atoms with E-state index in [4.69, 9.17) is 26.2 Å². The molecule has 5 fully saturated rings. The number of phenols is 1. The molecule has 2 N–H and O–H groups in total. The number of hydrogen-bond acceptors (Lipinski definition) is 8. The lowest BCUT2D eigenvalue weighted by Gasteiger charge is -2.37. The predicted octanol–water partition coefficient (Wildman–Crippen LogP) is 6.14. The minimum Gasteiger partial charge on any atom is -0.508 e. The summed E-state index contributed by atoms with van der Waals surface area (Å²) >= 11 is 0. The minimum atomic E-state index is -4.14. The van der Waals surface area contributed by atoms with Gasteiger partial charge in [-0.3, -0.25) is 4.68 Å². The van der Waals surface area contributed by atoms with Crippen molar-refractivity contribution >= 4 is 38.4 Å². The van der Waals surface area contributed by atoms with Crippen LogP contribution in [0.2, 0.25) is 0 Å². The fraction of sp³-hybridized carbons (Fsp3) is 0.462. The molecule has 274 valence electrons.